The highest BCUT2D eigenvalue weighted by Crippen LogP contribution is 2.17. The smallest absolute Gasteiger partial charge is 0.220 e. The fourth-order valence-corrected chi connectivity index (χ4v) is 3.15. The predicted molar refractivity (Wildman–Crippen MR) is 94.3 cm³/mol. The molecule has 2 N–H and O–H groups in total. The molecule has 1 rings (SSSR count). The Morgan fingerprint density at radius 3 is 2.22 bits per heavy atom. The van der Waals surface area contributed by atoms with Crippen LogP contribution in [0.2, 0.25) is 0 Å². The monoisotopic (exact) mass is 325 g/mol. The zero-order valence-electron chi connectivity index (χ0n) is 15.2. The molecule has 1 aliphatic rings. The van der Waals surface area contributed by atoms with E-state index in [9.17, 15) is 9.59 Å². The highest BCUT2D eigenvalue weighted by atomic mass is 16.2. The molecule has 23 heavy (non-hydrogen) atoms. The molecule has 134 valence electrons. The van der Waals surface area contributed by atoms with Crippen LogP contribution in [0.5, 0.6) is 0 Å². The summed E-state index contributed by atoms with van der Waals surface area (Å²) in [6.45, 7) is 2.81. The van der Waals surface area contributed by atoms with E-state index < -0.39 is 0 Å². The topological polar surface area (TPSA) is 61.4 Å². The van der Waals surface area contributed by atoms with Gasteiger partial charge in [-0.05, 0) is 33.4 Å². The van der Waals surface area contributed by atoms with E-state index in [4.69, 9.17) is 0 Å². The van der Waals surface area contributed by atoms with Crippen molar-refractivity contribution >= 4 is 11.8 Å². The maximum absolute atomic E-state index is 12.0. The normalized spacial score (nSPS) is 17.6. The van der Waals surface area contributed by atoms with Gasteiger partial charge in [0.1, 0.15) is 0 Å². The number of amides is 2. The maximum Gasteiger partial charge on any atom is 0.220 e. The average molecular weight is 325 g/mol. The van der Waals surface area contributed by atoms with Crippen molar-refractivity contribution < 1.29 is 9.59 Å². The minimum Gasteiger partial charge on any atom is -0.355 e. The van der Waals surface area contributed by atoms with E-state index in [1.165, 1.54) is 25.7 Å². The predicted octanol–water partition coefficient (Wildman–Crippen LogP) is 2.45. The van der Waals surface area contributed by atoms with Crippen molar-refractivity contribution in [3.8, 4) is 0 Å². The van der Waals surface area contributed by atoms with Gasteiger partial charge >= 0.3 is 0 Å². The van der Waals surface area contributed by atoms with Crippen LogP contribution in [0.3, 0.4) is 0 Å². The van der Waals surface area contributed by atoms with Gasteiger partial charge in [-0.2, -0.15) is 0 Å². The summed E-state index contributed by atoms with van der Waals surface area (Å²) in [7, 11) is 4.07. The first-order valence-corrected chi connectivity index (χ1v) is 9.25. The number of nitrogens with zero attached hydrogens (tertiary/aromatic N) is 1. The molecule has 0 bridgehead atoms. The number of rotatable bonds is 9. The standard InChI is InChI=1S/C18H35N3O2/c1-4-9-16(21(2)3)14-19-17(22)12-13-18(23)20-15-10-7-5-6-8-11-15/h15-16H,4-14H2,1-3H3,(H,19,22)(H,20,23). The van der Waals surface area contributed by atoms with E-state index in [2.05, 4.69) is 22.5 Å². The molecule has 0 heterocycles. The fourth-order valence-electron chi connectivity index (χ4n) is 3.15. The van der Waals surface area contributed by atoms with E-state index in [1.807, 2.05) is 14.1 Å². The summed E-state index contributed by atoms with van der Waals surface area (Å²) in [6, 6.07) is 0.680. The van der Waals surface area contributed by atoms with Crippen LogP contribution in [0.4, 0.5) is 0 Å². The first-order chi connectivity index (χ1) is 11.0. The molecule has 0 aromatic rings. The lowest BCUT2D eigenvalue weighted by molar-refractivity contribution is -0.127. The third-order valence-electron chi connectivity index (χ3n) is 4.69. The SMILES string of the molecule is CCCC(CNC(=O)CCC(=O)NC1CCCCCC1)N(C)C. The van der Waals surface area contributed by atoms with Crippen LogP contribution >= 0.6 is 0 Å². The second-order valence-electron chi connectivity index (χ2n) is 6.97. The molecule has 1 saturated carbocycles. The lowest BCUT2D eigenvalue weighted by Gasteiger charge is -2.24. The summed E-state index contributed by atoms with van der Waals surface area (Å²) >= 11 is 0. The molecule has 0 aromatic heterocycles. The number of hydrogen-bond donors (Lipinski definition) is 2. The van der Waals surface area contributed by atoms with Crippen molar-refractivity contribution in [2.75, 3.05) is 20.6 Å². The van der Waals surface area contributed by atoms with Crippen molar-refractivity contribution in [3.05, 3.63) is 0 Å². The summed E-state index contributed by atoms with van der Waals surface area (Å²) in [6.07, 6.45) is 9.87. The lowest BCUT2D eigenvalue weighted by atomic mass is 10.1. The molecule has 1 aliphatic carbocycles. The molecular formula is C18H35N3O2. The van der Waals surface area contributed by atoms with Crippen LogP contribution < -0.4 is 10.6 Å². The molecule has 0 spiro atoms. The van der Waals surface area contributed by atoms with E-state index >= 15 is 0 Å². The van der Waals surface area contributed by atoms with Gasteiger partial charge in [0.2, 0.25) is 11.8 Å². The highest BCUT2D eigenvalue weighted by molar-refractivity contribution is 5.83. The number of hydrogen-bond acceptors (Lipinski definition) is 3. The van der Waals surface area contributed by atoms with Gasteiger partial charge in [-0.1, -0.05) is 39.0 Å². The van der Waals surface area contributed by atoms with Crippen molar-refractivity contribution in [2.24, 2.45) is 0 Å². The molecule has 1 fully saturated rings. The van der Waals surface area contributed by atoms with Gasteiger partial charge in [-0.3, -0.25) is 9.59 Å². The van der Waals surface area contributed by atoms with E-state index in [0.29, 0.717) is 25.0 Å². The van der Waals surface area contributed by atoms with Crippen molar-refractivity contribution in [3.63, 3.8) is 0 Å². The molecule has 5 nitrogen and oxygen atoms in total. The summed E-state index contributed by atoms with van der Waals surface area (Å²) in [5.74, 6) is -0.00580. The van der Waals surface area contributed by atoms with Crippen LogP contribution in [-0.4, -0.2) is 49.4 Å². The highest BCUT2D eigenvalue weighted by Gasteiger charge is 2.16. The number of likely N-dealkylation sites (N-methyl/N-ethyl adjacent to an activating group) is 1. The van der Waals surface area contributed by atoms with E-state index in [-0.39, 0.29) is 18.2 Å². The molecule has 5 heteroatoms. The number of carbonyl (C=O) groups excluding carboxylic acids is 2. The average Bonchev–Trinajstić information content (AvgIpc) is 2.77. The minimum absolute atomic E-state index is 0.0183. The van der Waals surface area contributed by atoms with Gasteiger partial charge in [0.15, 0.2) is 0 Å². The molecule has 0 aromatic carbocycles. The van der Waals surface area contributed by atoms with Crippen molar-refractivity contribution in [1.29, 1.82) is 0 Å². The Hall–Kier alpha value is -1.10. The van der Waals surface area contributed by atoms with Gasteiger partial charge in [0, 0.05) is 31.5 Å². The first-order valence-electron chi connectivity index (χ1n) is 9.25. The Morgan fingerprint density at radius 1 is 1.04 bits per heavy atom. The van der Waals surface area contributed by atoms with Crippen LogP contribution in [0.15, 0.2) is 0 Å². The van der Waals surface area contributed by atoms with Gasteiger partial charge in [-0.15, -0.1) is 0 Å². The maximum atomic E-state index is 12.0. The summed E-state index contributed by atoms with van der Waals surface area (Å²) in [5, 5.41) is 6.05. The van der Waals surface area contributed by atoms with Crippen LogP contribution in [0.1, 0.15) is 71.1 Å². The molecule has 1 unspecified atom stereocenters. The third-order valence-corrected chi connectivity index (χ3v) is 4.69. The first kappa shape index (κ1) is 19.9. The largest absolute Gasteiger partial charge is 0.355 e. The second-order valence-corrected chi connectivity index (χ2v) is 6.97. The summed E-state index contributed by atoms with van der Waals surface area (Å²) in [5.41, 5.74) is 0. The van der Waals surface area contributed by atoms with Gasteiger partial charge in [0.25, 0.3) is 0 Å². The van der Waals surface area contributed by atoms with E-state index in [0.717, 1.165) is 25.7 Å². The molecule has 1 atom stereocenters. The summed E-state index contributed by atoms with van der Waals surface area (Å²) < 4.78 is 0. The molecule has 2 amide bonds. The Morgan fingerprint density at radius 2 is 1.65 bits per heavy atom. The van der Waals surface area contributed by atoms with Gasteiger partial charge < -0.3 is 15.5 Å². The van der Waals surface area contributed by atoms with E-state index in [1.54, 1.807) is 0 Å². The molecule has 0 radical (unpaired) electrons. The molecular weight excluding hydrogens is 290 g/mol. The van der Waals surface area contributed by atoms with Gasteiger partial charge in [0.05, 0.1) is 0 Å². The Labute approximate surface area is 141 Å². The van der Waals surface area contributed by atoms with Crippen LogP contribution in [-0.2, 0) is 9.59 Å². The van der Waals surface area contributed by atoms with Crippen LogP contribution in [0, 0.1) is 0 Å². The Bertz CT molecular complexity index is 350. The lowest BCUT2D eigenvalue weighted by Crippen LogP contribution is -2.40. The fraction of sp³-hybridized carbons (Fsp3) is 0.889. The number of carbonyl (C=O) groups is 2. The molecule has 0 saturated heterocycles. The van der Waals surface area contributed by atoms with Crippen LogP contribution in [0.25, 0.3) is 0 Å². The second kappa shape index (κ2) is 11.4. The van der Waals surface area contributed by atoms with Crippen molar-refractivity contribution in [2.45, 2.75) is 83.2 Å². The Kier molecular flexibility index (Phi) is 9.92. The van der Waals surface area contributed by atoms with Crippen molar-refractivity contribution in [1.82, 2.24) is 15.5 Å². The number of nitrogens with one attached hydrogen (secondary N) is 2. The third kappa shape index (κ3) is 8.94. The zero-order valence-corrected chi connectivity index (χ0v) is 15.2. The minimum atomic E-state index is -0.0241. The zero-order chi connectivity index (χ0) is 17.1. The molecule has 0 aliphatic heterocycles. The Balaban J connectivity index is 2.19. The van der Waals surface area contributed by atoms with Gasteiger partial charge in [-0.25, -0.2) is 0 Å². The quantitative estimate of drug-likeness (QED) is 0.640. The summed E-state index contributed by atoms with van der Waals surface area (Å²) in [4.78, 5) is 26.0.